The van der Waals surface area contributed by atoms with E-state index in [1.165, 1.54) is 25.5 Å². The predicted octanol–water partition coefficient (Wildman–Crippen LogP) is -3.34. The van der Waals surface area contributed by atoms with Gasteiger partial charge in [-0.1, -0.05) is 12.2 Å². The predicted molar refractivity (Wildman–Crippen MR) is 135 cm³/mol. The third kappa shape index (κ3) is 7.89. The molecular formula is C27H35NO13. The Morgan fingerprint density at radius 3 is 2.54 bits per heavy atom. The van der Waals surface area contributed by atoms with Gasteiger partial charge in [-0.05, 0) is 23.6 Å². The number of allylic oxidation sites excluding steroid dienone is 1. The van der Waals surface area contributed by atoms with Crippen LogP contribution in [0.5, 0.6) is 0 Å². The maximum Gasteiger partial charge on any atom is 0.341 e. The molecule has 14 nitrogen and oxygen atoms in total. The number of aliphatic carboxylic acids is 2. The fourth-order valence-corrected chi connectivity index (χ4v) is 4.80. The normalized spacial score (nSPS) is 32.7. The Balaban J connectivity index is 1.85. The quantitative estimate of drug-likeness (QED) is 0.0983. The number of hydrogen-bond donors (Lipinski definition) is 6. The minimum atomic E-state index is -1.70. The lowest BCUT2D eigenvalue weighted by Gasteiger charge is -2.42. The molecule has 0 aliphatic carbocycles. The van der Waals surface area contributed by atoms with E-state index in [0.717, 1.165) is 11.2 Å². The lowest BCUT2D eigenvalue weighted by atomic mass is 9.88. The second-order valence-electron chi connectivity index (χ2n) is 9.76. The molecule has 14 heteroatoms. The number of rotatable bonds is 12. The van der Waals surface area contributed by atoms with Crippen LogP contribution in [0.3, 0.4) is 0 Å². The van der Waals surface area contributed by atoms with Crippen LogP contribution in [-0.4, -0.2) is 107 Å². The summed E-state index contributed by atoms with van der Waals surface area (Å²) < 4.78 is 21.6. The van der Waals surface area contributed by atoms with Gasteiger partial charge in [-0.3, -0.25) is 4.79 Å². The van der Waals surface area contributed by atoms with E-state index in [4.69, 9.17) is 24.1 Å². The summed E-state index contributed by atoms with van der Waals surface area (Å²) in [6, 6.07) is 0. The van der Waals surface area contributed by atoms with Crippen molar-refractivity contribution in [1.29, 1.82) is 0 Å². The summed E-state index contributed by atoms with van der Waals surface area (Å²) in [5, 5.41) is 60.5. The first-order chi connectivity index (χ1) is 19.5. The summed E-state index contributed by atoms with van der Waals surface area (Å²) in [6.45, 7) is 3.88. The highest BCUT2D eigenvalue weighted by Gasteiger charge is 2.46. The van der Waals surface area contributed by atoms with Gasteiger partial charge in [0.05, 0.1) is 49.7 Å². The number of quaternary nitrogens is 1. The van der Waals surface area contributed by atoms with Crippen molar-refractivity contribution in [2.24, 2.45) is 5.92 Å². The number of carboxylic acid groups (broad SMARTS) is 2. The molecule has 3 aliphatic rings. The topological polar surface area (TPSA) is 217 Å². The number of carbonyl (C=O) groups is 3. The fraction of sp³-hybridized carbons (Fsp3) is 0.519. The van der Waals surface area contributed by atoms with E-state index in [2.05, 4.69) is 6.58 Å². The first-order valence-electron chi connectivity index (χ1n) is 12.9. The van der Waals surface area contributed by atoms with Gasteiger partial charge in [0, 0.05) is 6.42 Å². The second-order valence-corrected chi connectivity index (χ2v) is 9.76. The molecule has 0 saturated carbocycles. The molecule has 0 aromatic carbocycles. The monoisotopic (exact) mass is 581 g/mol. The van der Waals surface area contributed by atoms with Gasteiger partial charge >= 0.3 is 11.9 Å². The SMILES string of the molecule is C=CC1C(=CCC2=CC(C(=O)[O-])=C[NH+](CCCC(=O)O)C2)C(C(=O)OC)=COC1OC1OC(CO)C(O)C(O)C1O. The number of carboxylic acids is 2. The molecule has 8 atom stereocenters. The van der Waals surface area contributed by atoms with E-state index < -0.39 is 67.4 Å². The van der Waals surface area contributed by atoms with Crippen molar-refractivity contribution in [3.8, 4) is 0 Å². The number of nitrogens with one attached hydrogen (secondary N) is 1. The summed E-state index contributed by atoms with van der Waals surface area (Å²) in [7, 11) is 1.18. The molecule has 0 aromatic heterocycles. The molecule has 0 amide bonds. The summed E-state index contributed by atoms with van der Waals surface area (Å²) in [5.41, 5.74) is 0.985. The summed E-state index contributed by atoms with van der Waals surface area (Å²) in [4.78, 5) is 35.8. The van der Waals surface area contributed by atoms with E-state index in [0.29, 0.717) is 30.7 Å². The molecule has 1 fully saturated rings. The van der Waals surface area contributed by atoms with Crippen LogP contribution in [0.15, 0.2) is 59.6 Å². The van der Waals surface area contributed by atoms with E-state index in [-0.39, 0.29) is 24.0 Å². The largest absolute Gasteiger partial charge is 0.545 e. The number of aliphatic hydroxyl groups excluding tert-OH is 4. The molecule has 6 N–H and O–H groups in total. The van der Waals surface area contributed by atoms with Crippen LogP contribution in [0, 0.1) is 5.92 Å². The number of aliphatic hydroxyl groups is 4. The van der Waals surface area contributed by atoms with Gasteiger partial charge in [0.2, 0.25) is 6.29 Å². The third-order valence-electron chi connectivity index (χ3n) is 6.94. The molecule has 8 unspecified atom stereocenters. The van der Waals surface area contributed by atoms with Gasteiger partial charge in [-0.2, -0.15) is 0 Å². The second kappa shape index (κ2) is 14.5. The van der Waals surface area contributed by atoms with Crippen molar-refractivity contribution in [2.45, 2.75) is 56.3 Å². The number of ether oxygens (including phenoxy) is 4. The molecule has 0 bridgehead atoms. The zero-order valence-electron chi connectivity index (χ0n) is 22.4. The highest BCUT2D eigenvalue weighted by atomic mass is 16.8. The van der Waals surface area contributed by atoms with Gasteiger partial charge in [-0.25, -0.2) is 4.79 Å². The first kappa shape index (κ1) is 32.1. The molecule has 41 heavy (non-hydrogen) atoms. The average molecular weight is 582 g/mol. The molecule has 3 heterocycles. The van der Waals surface area contributed by atoms with Crippen LogP contribution in [0.4, 0.5) is 0 Å². The van der Waals surface area contributed by atoms with Crippen LogP contribution in [0.1, 0.15) is 19.3 Å². The first-order valence-corrected chi connectivity index (χ1v) is 12.9. The minimum absolute atomic E-state index is 0.0313. The van der Waals surface area contributed by atoms with Gasteiger partial charge in [0.15, 0.2) is 6.29 Å². The van der Waals surface area contributed by atoms with Crippen molar-refractivity contribution in [2.75, 3.05) is 26.8 Å². The van der Waals surface area contributed by atoms with Crippen molar-refractivity contribution in [3.63, 3.8) is 0 Å². The number of hydrogen-bond acceptors (Lipinski definition) is 12. The van der Waals surface area contributed by atoms with Crippen molar-refractivity contribution in [3.05, 3.63) is 59.6 Å². The highest BCUT2D eigenvalue weighted by molar-refractivity contribution is 5.93. The van der Waals surface area contributed by atoms with Crippen LogP contribution in [0.2, 0.25) is 0 Å². The van der Waals surface area contributed by atoms with Crippen molar-refractivity contribution < 1.29 is 68.9 Å². The Bertz CT molecular complexity index is 1120. The van der Waals surface area contributed by atoms with Crippen LogP contribution in [0.25, 0.3) is 0 Å². The van der Waals surface area contributed by atoms with Crippen molar-refractivity contribution in [1.82, 2.24) is 0 Å². The molecule has 1 saturated heterocycles. The number of carbonyl (C=O) groups excluding carboxylic acids is 2. The van der Waals surface area contributed by atoms with E-state index in [9.17, 15) is 39.9 Å². The van der Waals surface area contributed by atoms with Crippen LogP contribution < -0.4 is 10.0 Å². The Morgan fingerprint density at radius 2 is 1.93 bits per heavy atom. The van der Waals surface area contributed by atoms with Crippen LogP contribution >= 0.6 is 0 Å². The fourth-order valence-electron chi connectivity index (χ4n) is 4.80. The lowest BCUT2D eigenvalue weighted by molar-refractivity contribution is -0.843. The standard InChI is InChI=1S/C27H35NO13/c1-3-16-17(7-6-14-9-15(24(35)36)11-28(10-14)8-4-5-20(30)31)18(25(37)38-2)13-39-26(16)41-27-23(34)22(33)21(32)19(12-29)40-27/h3,7,9,11,13,16,19,21-23,26-27,29,32-34H,1,4-6,8,10,12H2,2H3,(H,30,31)(H,35,36). The summed E-state index contributed by atoms with van der Waals surface area (Å²) in [5.74, 6) is -3.92. The van der Waals surface area contributed by atoms with E-state index >= 15 is 0 Å². The highest BCUT2D eigenvalue weighted by Crippen LogP contribution is 2.35. The molecular weight excluding hydrogens is 546 g/mol. The zero-order chi connectivity index (χ0) is 30.3. The molecule has 3 rings (SSSR count). The number of methoxy groups -OCH3 is 1. The van der Waals surface area contributed by atoms with Crippen LogP contribution in [-0.2, 0) is 33.3 Å². The number of esters is 1. The lowest BCUT2D eigenvalue weighted by Crippen LogP contribution is -3.08. The zero-order valence-corrected chi connectivity index (χ0v) is 22.4. The van der Waals surface area contributed by atoms with E-state index in [1.807, 2.05) is 0 Å². The van der Waals surface area contributed by atoms with Gasteiger partial charge in [-0.15, -0.1) is 6.58 Å². The Labute approximate surface area is 235 Å². The average Bonchev–Trinajstić information content (AvgIpc) is 2.95. The maximum atomic E-state index is 12.6. The molecule has 0 spiro atoms. The Morgan fingerprint density at radius 1 is 1.20 bits per heavy atom. The minimum Gasteiger partial charge on any atom is -0.545 e. The summed E-state index contributed by atoms with van der Waals surface area (Å²) >= 11 is 0. The van der Waals surface area contributed by atoms with E-state index in [1.54, 1.807) is 6.08 Å². The van der Waals surface area contributed by atoms with Gasteiger partial charge in [0.25, 0.3) is 0 Å². The summed E-state index contributed by atoms with van der Waals surface area (Å²) in [6.07, 6.45) is -1.40. The van der Waals surface area contributed by atoms with Gasteiger partial charge < -0.3 is 59.3 Å². The maximum absolute atomic E-state index is 12.6. The molecule has 226 valence electrons. The molecule has 0 radical (unpaired) electrons. The van der Waals surface area contributed by atoms with Crippen molar-refractivity contribution >= 4 is 17.9 Å². The Hall–Kier alpha value is -3.37. The smallest absolute Gasteiger partial charge is 0.341 e. The molecule has 0 aromatic rings. The van der Waals surface area contributed by atoms with Gasteiger partial charge in [0.1, 0.15) is 43.4 Å². The molecule has 3 aliphatic heterocycles. The third-order valence-corrected chi connectivity index (χ3v) is 6.94. The Kier molecular flexibility index (Phi) is 11.4.